The van der Waals surface area contributed by atoms with Gasteiger partial charge in [-0.3, -0.25) is 4.79 Å². The molecule has 1 N–H and O–H groups in total. The van der Waals surface area contributed by atoms with E-state index in [1.807, 2.05) is 0 Å². The second-order valence-electron chi connectivity index (χ2n) is 5.95. The molecule has 0 bridgehead atoms. The van der Waals surface area contributed by atoms with Gasteiger partial charge in [-0.15, -0.1) is 0 Å². The van der Waals surface area contributed by atoms with E-state index in [0.29, 0.717) is 26.6 Å². The summed E-state index contributed by atoms with van der Waals surface area (Å²) < 4.78 is 41.1. The van der Waals surface area contributed by atoms with Gasteiger partial charge >= 0.3 is 6.18 Å². The molecular formula is C21H14F3N3O2S. The molecule has 0 saturated carbocycles. The van der Waals surface area contributed by atoms with Gasteiger partial charge in [0.15, 0.2) is 6.61 Å². The Morgan fingerprint density at radius 3 is 2.43 bits per heavy atom. The molecule has 0 fully saturated rings. The number of hydrogen-bond donors (Lipinski definition) is 1. The smallest absolute Gasteiger partial charge is 0.422 e. The highest BCUT2D eigenvalue weighted by molar-refractivity contribution is 7.99. The molecule has 30 heavy (non-hydrogen) atoms. The zero-order chi connectivity index (χ0) is 21.6. The van der Waals surface area contributed by atoms with Gasteiger partial charge in [0.25, 0.3) is 5.91 Å². The highest BCUT2D eigenvalue weighted by Gasteiger charge is 2.28. The largest absolute Gasteiger partial charge is 0.468 e. The van der Waals surface area contributed by atoms with Crippen molar-refractivity contribution in [1.82, 2.24) is 4.98 Å². The number of nitriles is 1. The van der Waals surface area contributed by atoms with Gasteiger partial charge in [0.05, 0.1) is 23.0 Å². The summed E-state index contributed by atoms with van der Waals surface area (Å²) in [7, 11) is 0. The van der Waals surface area contributed by atoms with E-state index in [1.54, 1.807) is 48.5 Å². The van der Waals surface area contributed by atoms with Crippen LogP contribution < -0.4 is 10.1 Å². The van der Waals surface area contributed by atoms with Crippen LogP contribution in [0.4, 0.5) is 18.9 Å². The summed E-state index contributed by atoms with van der Waals surface area (Å²) in [6.07, 6.45) is -3.25. The number of rotatable bonds is 6. The maximum atomic E-state index is 12.7. The zero-order valence-corrected chi connectivity index (χ0v) is 16.1. The number of carbonyl (C=O) groups is 1. The highest BCUT2D eigenvalue weighted by atomic mass is 32.2. The Labute approximate surface area is 174 Å². The Hall–Kier alpha value is -3.51. The molecule has 0 unspecified atom stereocenters. The first-order chi connectivity index (χ1) is 14.4. The minimum atomic E-state index is -4.46. The van der Waals surface area contributed by atoms with Gasteiger partial charge in [0.2, 0.25) is 5.88 Å². The van der Waals surface area contributed by atoms with E-state index in [0.717, 1.165) is 0 Å². The van der Waals surface area contributed by atoms with Crippen molar-refractivity contribution in [3.8, 4) is 11.9 Å². The lowest BCUT2D eigenvalue weighted by molar-refractivity contribution is -0.154. The van der Waals surface area contributed by atoms with Gasteiger partial charge in [-0.05, 0) is 30.3 Å². The number of amides is 1. The third kappa shape index (κ3) is 5.75. The first kappa shape index (κ1) is 21.2. The Bertz CT molecular complexity index is 1080. The predicted octanol–water partition coefficient (Wildman–Crippen LogP) is 5.30. The minimum Gasteiger partial charge on any atom is -0.468 e. The molecule has 0 spiro atoms. The average Bonchev–Trinajstić information content (AvgIpc) is 2.73. The molecule has 0 radical (unpaired) electrons. The molecule has 1 heterocycles. The van der Waals surface area contributed by atoms with E-state index in [9.17, 15) is 23.2 Å². The fraction of sp³-hybridized carbons (Fsp3) is 0.0952. The monoisotopic (exact) mass is 429 g/mol. The summed E-state index contributed by atoms with van der Waals surface area (Å²) in [5, 5.41) is 11.9. The number of hydrogen-bond acceptors (Lipinski definition) is 5. The van der Waals surface area contributed by atoms with E-state index in [4.69, 9.17) is 0 Å². The van der Waals surface area contributed by atoms with Gasteiger partial charge in [-0.1, -0.05) is 36.0 Å². The molecule has 0 aliphatic carbocycles. The van der Waals surface area contributed by atoms with Crippen molar-refractivity contribution in [3.05, 3.63) is 78.0 Å². The molecule has 2 aromatic carbocycles. The summed E-state index contributed by atoms with van der Waals surface area (Å²) in [6, 6.07) is 18.7. The van der Waals surface area contributed by atoms with E-state index >= 15 is 0 Å². The number of pyridine rings is 1. The quantitative estimate of drug-likeness (QED) is 0.576. The van der Waals surface area contributed by atoms with Crippen LogP contribution in [0.5, 0.6) is 5.88 Å². The fourth-order valence-corrected chi connectivity index (χ4v) is 3.43. The van der Waals surface area contributed by atoms with Crippen molar-refractivity contribution < 1.29 is 22.7 Å². The van der Waals surface area contributed by atoms with Gasteiger partial charge in [0.1, 0.15) is 6.07 Å². The number of nitrogens with one attached hydrogen (secondary N) is 1. The number of aromatic nitrogens is 1. The predicted molar refractivity (Wildman–Crippen MR) is 105 cm³/mol. The molecular weight excluding hydrogens is 415 g/mol. The van der Waals surface area contributed by atoms with Crippen LogP contribution in [0.15, 0.2) is 76.7 Å². The molecule has 0 atom stereocenters. The van der Waals surface area contributed by atoms with Gasteiger partial charge in [-0.25, -0.2) is 4.98 Å². The highest BCUT2D eigenvalue weighted by Crippen LogP contribution is 2.33. The maximum absolute atomic E-state index is 12.7. The van der Waals surface area contributed by atoms with Crippen LogP contribution in [0, 0.1) is 11.3 Å². The SMILES string of the molecule is N#Cc1ccccc1Sc1ccccc1C(=O)Nc1ccc(OCC(F)(F)F)nc1. The van der Waals surface area contributed by atoms with Crippen molar-refractivity contribution in [2.45, 2.75) is 16.0 Å². The summed E-state index contributed by atoms with van der Waals surface area (Å²) in [5.74, 6) is -0.618. The van der Waals surface area contributed by atoms with E-state index in [1.165, 1.54) is 30.1 Å². The van der Waals surface area contributed by atoms with Gasteiger partial charge in [-0.2, -0.15) is 18.4 Å². The fourth-order valence-electron chi connectivity index (χ4n) is 2.40. The molecule has 3 aromatic rings. The van der Waals surface area contributed by atoms with Crippen LogP contribution in [0.2, 0.25) is 0 Å². The van der Waals surface area contributed by atoms with Crippen LogP contribution in [0.3, 0.4) is 0 Å². The molecule has 0 aliphatic heterocycles. The third-order valence-electron chi connectivity index (χ3n) is 3.74. The van der Waals surface area contributed by atoms with E-state index in [-0.39, 0.29) is 5.88 Å². The molecule has 3 rings (SSSR count). The van der Waals surface area contributed by atoms with Crippen LogP contribution in [-0.2, 0) is 0 Å². The van der Waals surface area contributed by atoms with Crippen molar-refractivity contribution >= 4 is 23.4 Å². The van der Waals surface area contributed by atoms with Crippen LogP contribution >= 0.6 is 11.8 Å². The van der Waals surface area contributed by atoms with Crippen molar-refractivity contribution in [3.63, 3.8) is 0 Å². The number of carbonyl (C=O) groups excluding carboxylic acids is 1. The average molecular weight is 429 g/mol. The lowest BCUT2D eigenvalue weighted by Crippen LogP contribution is -2.19. The Morgan fingerprint density at radius 2 is 1.77 bits per heavy atom. The third-order valence-corrected chi connectivity index (χ3v) is 4.89. The number of alkyl halides is 3. The first-order valence-electron chi connectivity index (χ1n) is 8.59. The normalized spacial score (nSPS) is 10.9. The van der Waals surface area contributed by atoms with E-state index < -0.39 is 18.7 Å². The van der Waals surface area contributed by atoms with Crippen LogP contribution in [0.25, 0.3) is 0 Å². The summed E-state index contributed by atoms with van der Waals surface area (Å²) in [6.45, 7) is -1.44. The summed E-state index contributed by atoms with van der Waals surface area (Å²) in [5.41, 5.74) is 1.18. The number of ether oxygens (including phenoxy) is 1. The minimum absolute atomic E-state index is 0.200. The lowest BCUT2D eigenvalue weighted by atomic mass is 10.2. The first-order valence-corrected chi connectivity index (χ1v) is 9.40. The summed E-state index contributed by atoms with van der Waals surface area (Å²) >= 11 is 1.29. The molecule has 0 aliphatic rings. The molecule has 152 valence electrons. The number of nitrogens with zero attached hydrogens (tertiary/aromatic N) is 2. The van der Waals surface area contributed by atoms with Crippen molar-refractivity contribution in [2.75, 3.05) is 11.9 Å². The lowest BCUT2D eigenvalue weighted by Gasteiger charge is -2.11. The van der Waals surface area contributed by atoms with Gasteiger partial charge < -0.3 is 10.1 Å². The van der Waals surface area contributed by atoms with Crippen molar-refractivity contribution in [2.24, 2.45) is 0 Å². The second kappa shape index (κ2) is 9.33. The summed E-state index contributed by atoms with van der Waals surface area (Å²) in [4.78, 5) is 17.9. The molecule has 9 heteroatoms. The molecule has 1 aromatic heterocycles. The Morgan fingerprint density at radius 1 is 1.07 bits per heavy atom. The van der Waals surface area contributed by atoms with Crippen molar-refractivity contribution in [1.29, 1.82) is 5.26 Å². The van der Waals surface area contributed by atoms with E-state index in [2.05, 4.69) is 21.1 Å². The molecule has 1 amide bonds. The molecule has 5 nitrogen and oxygen atoms in total. The standard InChI is InChI=1S/C21H14F3N3O2S/c22-21(23,24)13-29-19-10-9-15(12-26-19)27-20(28)16-6-2-4-8-18(16)30-17-7-3-1-5-14(17)11-25/h1-10,12H,13H2,(H,27,28). The number of benzene rings is 2. The van der Waals surface area contributed by atoms with Crippen LogP contribution in [-0.4, -0.2) is 23.7 Å². The second-order valence-corrected chi connectivity index (χ2v) is 7.03. The number of anilines is 1. The topological polar surface area (TPSA) is 75.0 Å². The number of halogens is 3. The van der Waals surface area contributed by atoms with Gasteiger partial charge in [0, 0.05) is 15.9 Å². The maximum Gasteiger partial charge on any atom is 0.422 e. The molecule has 0 saturated heterocycles. The van der Waals surface area contributed by atoms with Crippen LogP contribution in [0.1, 0.15) is 15.9 Å². The zero-order valence-electron chi connectivity index (χ0n) is 15.3. The Balaban J connectivity index is 1.73. The Kier molecular flexibility index (Phi) is 6.59.